The zero-order chi connectivity index (χ0) is 13.3. The maximum absolute atomic E-state index is 13.2. The molecular weight excluding hydrogens is 274 g/mol. The van der Waals surface area contributed by atoms with Crippen LogP contribution in [0.2, 0.25) is 10.0 Å². The topological polar surface area (TPSA) is 38.9 Å². The lowest BCUT2D eigenvalue weighted by Gasteiger charge is -2.14. The van der Waals surface area contributed by atoms with E-state index in [1.165, 1.54) is 12.3 Å². The molecule has 2 aromatic rings. The van der Waals surface area contributed by atoms with Crippen molar-refractivity contribution in [2.24, 2.45) is 5.73 Å². The van der Waals surface area contributed by atoms with Crippen molar-refractivity contribution in [3.63, 3.8) is 0 Å². The number of nitrogens with zero attached hydrogens (tertiary/aromatic N) is 1. The number of aryl methyl sites for hydroxylation is 1. The van der Waals surface area contributed by atoms with Crippen molar-refractivity contribution < 1.29 is 4.39 Å². The molecule has 5 heteroatoms. The first-order valence-corrected chi connectivity index (χ1v) is 6.07. The van der Waals surface area contributed by atoms with Crippen LogP contribution in [-0.4, -0.2) is 4.98 Å². The monoisotopic (exact) mass is 284 g/mol. The number of hydrogen-bond acceptors (Lipinski definition) is 2. The van der Waals surface area contributed by atoms with Crippen LogP contribution in [0.5, 0.6) is 0 Å². The molecular formula is C13H11Cl2FN2. The third kappa shape index (κ3) is 2.64. The maximum atomic E-state index is 13.2. The van der Waals surface area contributed by atoms with Gasteiger partial charge >= 0.3 is 0 Å². The minimum atomic E-state index is -0.505. The van der Waals surface area contributed by atoms with Gasteiger partial charge in [0.05, 0.1) is 21.8 Å². The van der Waals surface area contributed by atoms with E-state index in [0.29, 0.717) is 21.3 Å². The van der Waals surface area contributed by atoms with Crippen molar-refractivity contribution in [3.05, 3.63) is 63.1 Å². The van der Waals surface area contributed by atoms with Gasteiger partial charge < -0.3 is 5.73 Å². The second kappa shape index (κ2) is 5.22. The highest BCUT2D eigenvalue weighted by Crippen LogP contribution is 2.27. The summed E-state index contributed by atoms with van der Waals surface area (Å²) >= 11 is 11.8. The molecule has 0 aliphatic rings. The predicted molar refractivity (Wildman–Crippen MR) is 71.4 cm³/mol. The van der Waals surface area contributed by atoms with E-state index in [1.54, 1.807) is 25.1 Å². The molecule has 0 saturated heterocycles. The summed E-state index contributed by atoms with van der Waals surface area (Å²) in [4.78, 5) is 4.12. The number of hydrogen-bond donors (Lipinski definition) is 1. The SMILES string of the molecule is Cc1cc(C(N)c2ncc(Cl)cc2Cl)ccc1F. The van der Waals surface area contributed by atoms with Gasteiger partial charge in [-0.25, -0.2) is 4.39 Å². The van der Waals surface area contributed by atoms with Crippen molar-refractivity contribution in [2.45, 2.75) is 13.0 Å². The van der Waals surface area contributed by atoms with Crippen LogP contribution < -0.4 is 5.73 Å². The summed E-state index contributed by atoms with van der Waals surface area (Å²) in [6.07, 6.45) is 1.49. The number of aromatic nitrogens is 1. The van der Waals surface area contributed by atoms with Gasteiger partial charge in [-0.2, -0.15) is 0 Å². The fourth-order valence-corrected chi connectivity index (χ4v) is 2.17. The Morgan fingerprint density at radius 1 is 1.28 bits per heavy atom. The van der Waals surface area contributed by atoms with E-state index in [0.717, 1.165) is 5.56 Å². The third-order valence-electron chi connectivity index (χ3n) is 2.67. The van der Waals surface area contributed by atoms with E-state index in [1.807, 2.05) is 0 Å². The van der Waals surface area contributed by atoms with Gasteiger partial charge in [0.1, 0.15) is 5.82 Å². The molecule has 1 heterocycles. The van der Waals surface area contributed by atoms with Gasteiger partial charge in [0.15, 0.2) is 0 Å². The average molecular weight is 285 g/mol. The maximum Gasteiger partial charge on any atom is 0.126 e. The molecule has 2 nitrogen and oxygen atoms in total. The van der Waals surface area contributed by atoms with Gasteiger partial charge in [-0.3, -0.25) is 4.98 Å². The highest BCUT2D eigenvalue weighted by Gasteiger charge is 2.15. The minimum absolute atomic E-state index is 0.263. The molecule has 0 aliphatic carbocycles. The third-order valence-corrected chi connectivity index (χ3v) is 3.18. The molecule has 1 atom stereocenters. The number of nitrogens with two attached hydrogens (primary N) is 1. The van der Waals surface area contributed by atoms with Gasteiger partial charge in [-0.1, -0.05) is 35.3 Å². The Bertz CT molecular complexity index is 587. The van der Waals surface area contributed by atoms with Crippen LogP contribution in [0, 0.1) is 12.7 Å². The fraction of sp³-hybridized carbons (Fsp3) is 0.154. The van der Waals surface area contributed by atoms with E-state index in [9.17, 15) is 4.39 Å². The predicted octanol–water partition coefficient (Wildman–Crippen LogP) is 3.88. The van der Waals surface area contributed by atoms with E-state index in [2.05, 4.69) is 4.98 Å². The molecule has 0 spiro atoms. The second-order valence-electron chi connectivity index (χ2n) is 4.01. The number of halogens is 3. The van der Waals surface area contributed by atoms with Crippen LogP contribution >= 0.6 is 23.2 Å². The Morgan fingerprint density at radius 3 is 2.61 bits per heavy atom. The largest absolute Gasteiger partial charge is 0.319 e. The van der Waals surface area contributed by atoms with Crippen LogP contribution in [0.3, 0.4) is 0 Å². The zero-order valence-electron chi connectivity index (χ0n) is 9.62. The van der Waals surface area contributed by atoms with Gasteiger partial charge in [-0.05, 0) is 30.2 Å². The summed E-state index contributed by atoms with van der Waals surface area (Å²) in [5.41, 5.74) is 7.88. The van der Waals surface area contributed by atoms with Crippen LogP contribution in [0.15, 0.2) is 30.5 Å². The molecule has 0 aliphatic heterocycles. The van der Waals surface area contributed by atoms with E-state index >= 15 is 0 Å². The zero-order valence-corrected chi connectivity index (χ0v) is 11.1. The molecule has 18 heavy (non-hydrogen) atoms. The highest BCUT2D eigenvalue weighted by atomic mass is 35.5. The first-order chi connectivity index (χ1) is 8.49. The van der Waals surface area contributed by atoms with E-state index in [-0.39, 0.29) is 5.82 Å². The smallest absolute Gasteiger partial charge is 0.126 e. The van der Waals surface area contributed by atoms with Gasteiger partial charge in [0.2, 0.25) is 0 Å². The molecule has 2 rings (SSSR count). The van der Waals surface area contributed by atoms with E-state index < -0.39 is 6.04 Å². The van der Waals surface area contributed by atoms with Crippen LogP contribution in [0.1, 0.15) is 22.9 Å². The van der Waals surface area contributed by atoms with Crippen LogP contribution in [0.4, 0.5) is 4.39 Å². The van der Waals surface area contributed by atoms with Gasteiger partial charge in [-0.15, -0.1) is 0 Å². The van der Waals surface area contributed by atoms with E-state index in [4.69, 9.17) is 28.9 Å². The Kier molecular flexibility index (Phi) is 3.85. The van der Waals surface area contributed by atoms with Crippen molar-refractivity contribution >= 4 is 23.2 Å². The lowest BCUT2D eigenvalue weighted by atomic mass is 10.0. The second-order valence-corrected chi connectivity index (χ2v) is 4.85. The fourth-order valence-electron chi connectivity index (χ4n) is 1.67. The lowest BCUT2D eigenvalue weighted by molar-refractivity contribution is 0.616. The van der Waals surface area contributed by atoms with Crippen molar-refractivity contribution in [1.82, 2.24) is 4.98 Å². The molecule has 0 amide bonds. The standard InChI is InChI=1S/C13H11Cl2FN2/c1-7-4-8(2-3-11(7)16)12(17)13-10(15)5-9(14)6-18-13/h2-6,12H,17H2,1H3. The molecule has 1 aromatic carbocycles. The molecule has 2 N–H and O–H groups in total. The van der Waals surface area contributed by atoms with Crippen LogP contribution in [0.25, 0.3) is 0 Å². The Labute approximate surface area is 115 Å². The summed E-state index contributed by atoms with van der Waals surface area (Å²) in [7, 11) is 0. The summed E-state index contributed by atoms with van der Waals surface area (Å²) < 4.78 is 13.2. The Morgan fingerprint density at radius 2 is 2.00 bits per heavy atom. The first kappa shape index (κ1) is 13.3. The number of pyridine rings is 1. The molecule has 1 aromatic heterocycles. The Hall–Kier alpha value is -1.16. The molecule has 0 saturated carbocycles. The van der Waals surface area contributed by atoms with Crippen molar-refractivity contribution in [2.75, 3.05) is 0 Å². The Balaban J connectivity index is 2.41. The molecule has 94 valence electrons. The highest BCUT2D eigenvalue weighted by molar-refractivity contribution is 6.34. The molecule has 0 fully saturated rings. The summed E-state index contributed by atoms with van der Waals surface area (Å²) in [5, 5.41) is 0.850. The summed E-state index contributed by atoms with van der Waals surface area (Å²) in [6, 6.07) is 5.77. The summed E-state index contributed by atoms with van der Waals surface area (Å²) in [6.45, 7) is 1.68. The number of rotatable bonds is 2. The first-order valence-electron chi connectivity index (χ1n) is 5.31. The van der Waals surface area contributed by atoms with Crippen molar-refractivity contribution in [3.8, 4) is 0 Å². The normalized spacial score (nSPS) is 12.5. The van der Waals surface area contributed by atoms with Gasteiger partial charge in [0, 0.05) is 6.20 Å². The minimum Gasteiger partial charge on any atom is -0.319 e. The summed E-state index contributed by atoms with van der Waals surface area (Å²) in [5.74, 6) is -0.263. The molecule has 1 unspecified atom stereocenters. The van der Waals surface area contributed by atoms with Crippen molar-refractivity contribution in [1.29, 1.82) is 0 Å². The average Bonchev–Trinajstić information content (AvgIpc) is 2.32. The number of benzene rings is 1. The molecule has 0 bridgehead atoms. The van der Waals surface area contributed by atoms with Gasteiger partial charge in [0.25, 0.3) is 0 Å². The lowest BCUT2D eigenvalue weighted by Crippen LogP contribution is -2.14. The quantitative estimate of drug-likeness (QED) is 0.909. The molecule has 0 radical (unpaired) electrons. The van der Waals surface area contributed by atoms with Crippen LogP contribution in [-0.2, 0) is 0 Å².